The van der Waals surface area contributed by atoms with E-state index in [1.807, 2.05) is 6.92 Å². The van der Waals surface area contributed by atoms with E-state index in [4.69, 9.17) is 0 Å². The molecule has 0 radical (unpaired) electrons. The van der Waals surface area contributed by atoms with Crippen molar-refractivity contribution in [2.75, 3.05) is 0 Å². The summed E-state index contributed by atoms with van der Waals surface area (Å²) < 4.78 is 0. The molecule has 1 nitrogen and oxygen atoms in total. The molecular weight excluding hydrogens is 148 g/mol. The van der Waals surface area contributed by atoms with Crippen LogP contribution in [-0.4, -0.2) is 5.78 Å². The summed E-state index contributed by atoms with van der Waals surface area (Å²) in [5.41, 5.74) is 3.22. The molecule has 0 aliphatic heterocycles. The molecule has 1 unspecified atom stereocenters. The Hall–Kier alpha value is -0.850. The van der Waals surface area contributed by atoms with E-state index in [1.165, 1.54) is 24.8 Å². The number of carbonyl (C=O) groups is 1. The number of hydrogen-bond donors (Lipinski definition) is 0. The van der Waals surface area contributed by atoms with Crippen molar-refractivity contribution in [3.05, 3.63) is 23.3 Å². The maximum absolute atomic E-state index is 11.6. The SMILES string of the molecule is C=C(C)C(=O)C1=C2CCC(C2)C1. The average Bonchev–Trinajstić information content (AvgIpc) is 2.62. The van der Waals surface area contributed by atoms with Gasteiger partial charge < -0.3 is 0 Å². The molecule has 0 aromatic rings. The highest BCUT2D eigenvalue weighted by molar-refractivity contribution is 6.08. The number of fused-ring (bicyclic) bond motifs is 2. The average molecular weight is 162 g/mol. The molecule has 2 rings (SSSR count). The summed E-state index contributed by atoms with van der Waals surface area (Å²) in [5.74, 6) is 1.01. The third kappa shape index (κ3) is 1.04. The summed E-state index contributed by atoms with van der Waals surface area (Å²) in [6.45, 7) is 5.51. The van der Waals surface area contributed by atoms with Crippen molar-refractivity contribution in [1.29, 1.82) is 0 Å². The van der Waals surface area contributed by atoms with E-state index < -0.39 is 0 Å². The van der Waals surface area contributed by atoms with Crippen LogP contribution in [0.4, 0.5) is 0 Å². The van der Waals surface area contributed by atoms with E-state index in [2.05, 4.69) is 6.58 Å². The Kier molecular flexibility index (Phi) is 1.67. The summed E-state index contributed by atoms with van der Waals surface area (Å²) >= 11 is 0. The van der Waals surface area contributed by atoms with Crippen LogP contribution in [0.5, 0.6) is 0 Å². The summed E-state index contributed by atoms with van der Waals surface area (Å²) in [4.78, 5) is 11.6. The van der Waals surface area contributed by atoms with Crippen LogP contribution in [0.3, 0.4) is 0 Å². The van der Waals surface area contributed by atoms with Crippen LogP contribution in [0.2, 0.25) is 0 Å². The third-order valence-corrected chi connectivity index (χ3v) is 2.97. The van der Waals surface area contributed by atoms with Gasteiger partial charge in [-0.15, -0.1) is 0 Å². The van der Waals surface area contributed by atoms with Gasteiger partial charge in [0.05, 0.1) is 0 Å². The first kappa shape index (κ1) is 7.78. The van der Waals surface area contributed by atoms with Crippen LogP contribution in [-0.2, 0) is 4.79 Å². The number of carbonyl (C=O) groups excluding carboxylic acids is 1. The Labute approximate surface area is 73.2 Å². The second-order valence-corrected chi connectivity index (χ2v) is 4.00. The minimum atomic E-state index is 0.215. The van der Waals surface area contributed by atoms with Crippen LogP contribution in [0.25, 0.3) is 0 Å². The monoisotopic (exact) mass is 162 g/mol. The maximum atomic E-state index is 11.6. The molecule has 2 bridgehead atoms. The first-order chi connectivity index (χ1) is 5.68. The molecule has 1 fully saturated rings. The standard InChI is InChI=1S/C11H14O/c1-7(2)11(12)10-6-8-3-4-9(10)5-8/h8H,1,3-6H2,2H3. The summed E-state index contributed by atoms with van der Waals surface area (Å²) in [5, 5.41) is 0. The van der Waals surface area contributed by atoms with Gasteiger partial charge in [-0.05, 0) is 49.7 Å². The fourth-order valence-electron chi connectivity index (χ4n) is 2.32. The highest BCUT2D eigenvalue weighted by Crippen LogP contribution is 2.44. The lowest BCUT2D eigenvalue weighted by atomic mass is 9.94. The van der Waals surface area contributed by atoms with Gasteiger partial charge in [0.2, 0.25) is 0 Å². The van der Waals surface area contributed by atoms with Crippen molar-refractivity contribution >= 4 is 5.78 Å². The lowest BCUT2D eigenvalue weighted by Crippen LogP contribution is -2.06. The highest BCUT2D eigenvalue weighted by atomic mass is 16.1. The Balaban J connectivity index is 2.25. The second kappa shape index (κ2) is 2.58. The van der Waals surface area contributed by atoms with Gasteiger partial charge in [-0.25, -0.2) is 0 Å². The van der Waals surface area contributed by atoms with Crippen LogP contribution in [0.1, 0.15) is 32.6 Å². The van der Waals surface area contributed by atoms with Crippen molar-refractivity contribution < 1.29 is 4.79 Å². The molecule has 0 saturated heterocycles. The fraction of sp³-hybridized carbons (Fsp3) is 0.545. The number of rotatable bonds is 2. The molecular formula is C11H14O. The van der Waals surface area contributed by atoms with E-state index in [1.54, 1.807) is 0 Å². The Morgan fingerprint density at radius 2 is 2.25 bits per heavy atom. The fourth-order valence-corrected chi connectivity index (χ4v) is 2.32. The van der Waals surface area contributed by atoms with Crippen LogP contribution < -0.4 is 0 Å². The molecule has 1 atom stereocenters. The molecule has 0 aromatic heterocycles. The summed E-state index contributed by atoms with van der Waals surface area (Å²) in [6.07, 6.45) is 4.69. The van der Waals surface area contributed by atoms with Crippen LogP contribution in [0, 0.1) is 5.92 Å². The van der Waals surface area contributed by atoms with Crippen LogP contribution >= 0.6 is 0 Å². The number of ketones is 1. The van der Waals surface area contributed by atoms with Gasteiger partial charge in [-0.2, -0.15) is 0 Å². The lowest BCUT2D eigenvalue weighted by Gasteiger charge is -2.10. The van der Waals surface area contributed by atoms with E-state index in [-0.39, 0.29) is 5.78 Å². The van der Waals surface area contributed by atoms with Gasteiger partial charge >= 0.3 is 0 Å². The third-order valence-electron chi connectivity index (χ3n) is 2.97. The zero-order valence-corrected chi connectivity index (χ0v) is 7.52. The topological polar surface area (TPSA) is 17.1 Å². The van der Waals surface area contributed by atoms with E-state index in [0.29, 0.717) is 5.57 Å². The maximum Gasteiger partial charge on any atom is 0.184 e. The van der Waals surface area contributed by atoms with E-state index in [0.717, 1.165) is 17.9 Å². The first-order valence-electron chi connectivity index (χ1n) is 4.59. The molecule has 1 saturated carbocycles. The molecule has 12 heavy (non-hydrogen) atoms. The van der Waals surface area contributed by atoms with Gasteiger partial charge in [0.25, 0.3) is 0 Å². The quantitative estimate of drug-likeness (QED) is 0.570. The Morgan fingerprint density at radius 1 is 1.50 bits per heavy atom. The van der Waals surface area contributed by atoms with Crippen molar-refractivity contribution in [3.63, 3.8) is 0 Å². The zero-order valence-electron chi connectivity index (χ0n) is 7.52. The Bertz CT molecular complexity index is 283. The zero-order chi connectivity index (χ0) is 8.72. The Morgan fingerprint density at radius 3 is 2.67 bits per heavy atom. The largest absolute Gasteiger partial charge is 0.289 e. The predicted octanol–water partition coefficient (Wildman–Crippen LogP) is 2.63. The van der Waals surface area contributed by atoms with Gasteiger partial charge in [0, 0.05) is 0 Å². The van der Waals surface area contributed by atoms with Crippen molar-refractivity contribution in [2.24, 2.45) is 5.92 Å². The normalized spacial score (nSPS) is 26.6. The highest BCUT2D eigenvalue weighted by Gasteiger charge is 2.32. The minimum Gasteiger partial charge on any atom is -0.289 e. The summed E-state index contributed by atoms with van der Waals surface area (Å²) in [7, 11) is 0. The van der Waals surface area contributed by atoms with Gasteiger partial charge in [-0.1, -0.05) is 12.2 Å². The van der Waals surface area contributed by atoms with Gasteiger partial charge in [-0.3, -0.25) is 4.79 Å². The minimum absolute atomic E-state index is 0.215. The number of Topliss-reactive ketones (excluding diaryl/α,β-unsaturated/α-hetero) is 1. The number of hydrogen-bond acceptors (Lipinski definition) is 1. The predicted molar refractivity (Wildman–Crippen MR) is 48.8 cm³/mol. The molecule has 0 amide bonds. The second-order valence-electron chi connectivity index (χ2n) is 4.00. The van der Waals surface area contributed by atoms with Crippen molar-refractivity contribution in [1.82, 2.24) is 0 Å². The smallest absolute Gasteiger partial charge is 0.184 e. The molecule has 0 aromatic carbocycles. The molecule has 0 spiro atoms. The van der Waals surface area contributed by atoms with E-state index >= 15 is 0 Å². The van der Waals surface area contributed by atoms with Crippen LogP contribution in [0.15, 0.2) is 23.3 Å². The van der Waals surface area contributed by atoms with Gasteiger partial charge in [0.1, 0.15) is 0 Å². The van der Waals surface area contributed by atoms with E-state index in [9.17, 15) is 4.79 Å². The molecule has 64 valence electrons. The molecule has 2 aliphatic carbocycles. The van der Waals surface area contributed by atoms with Crippen molar-refractivity contribution in [2.45, 2.75) is 32.6 Å². The molecule has 1 heteroatoms. The molecule has 0 N–H and O–H groups in total. The molecule has 2 aliphatic rings. The van der Waals surface area contributed by atoms with Crippen molar-refractivity contribution in [3.8, 4) is 0 Å². The molecule has 0 heterocycles. The van der Waals surface area contributed by atoms with Gasteiger partial charge in [0.15, 0.2) is 5.78 Å². The first-order valence-corrected chi connectivity index (χ1v) is 4.59. The number of allylic oxidation sites excluding steroid dienone is 3. The lowest BCUT2D eigenvalue weighted by molar-refractivity contribution is -0.112. The summed E-state index contributed by atoms with van der Waals surface area (Å²) in [6, 6.07) is 0.